The summed E-state index contributed by atoms with van der Waals surface area (Å²) >= 11 is 0. The lowest BCUT2D eigenvalue weighted by atomic mass is 10.3. The Hall–Kier alpha value is -3.43. The minimum Gasteiger partial charge on any atom is -0.480 e. The van der Waals surface area contributed by atoms with E-state index in [1.54, 1.807) is 6.92 Å². The van der Waals surface area contributed by atoms with E-state index in [0.717, 1.165) is 12.8 Å². The molecule has 28 heavy (non-hydrogen) atoms. The van der Waals surface area contributed by atoms with Gasteiger partial charge in [0.05, 0.1) is 23.4 Å². The maximum Gasteiger partial charge on any atom is 0.362 e. The molecule has 0 atom stereocenters. The van der Waals surface area contributed by atoms with E-state index >= 15 is 0 Å². The van der Waals surface area contributed by atoms with Crippen molar-refractivity contribution in [3.05, 3.63) is 46.3 Å². The number of hydrogen-bond donors (Lipinski definition) is 1. The highest BCUT2D eigenvalue weighted by Gasteiger charge is 2.21. The van der Waals surface area contributed by atoms with Crippen molar-refractivity contribution in [3.8, 4) is 11.4 Å². The highest BCUT2D eigenvalue weighted by Crippen LogP contribution is 2.22. The third kappa shape index (κ3) is 5.53. The zero-order chi connectivity index (χ0) is 20.5. The first-order valence-electron chi connectivity index (χ1n) is 8.87. The number of unbranched alkanes of at least 4 members (excludes halogenated alkanes) is 1. The number of non-ortho nitro benzene ring substituents is 1. The van der Waals surface area contributed by atoms with Gasteiger partial charge in [-0.3, -0.25) is 14.9 Å². The first-order valence-corrected chi connectivity index (χ1v) is 8.87. The standard InChI is InChI=1S/C18H22N4O6/c1-3-5-10-19-16(23)12-28-15-11-21(20-17(15)18(24)27-4-2)13-6-8-14(9-7-13)22(25)26/h6-9,11H,3-5,10,12H2,1-2H3,(H,19,23). The number of nitro benzene ring substituents is 1. The molecule has 0 saturated heterocycles. The molecule has 0 saturated carbocycles. The molecule has 1 N–H and O–H groups in total. The number of benzene rings is 1. The summed E-state index contributed by atoms with van der Waals surface area (Å²) in [5, 5.41) is 17.6. The van der Waals surface area contributed by atoms with E-state index in [0.29, 0.717) is 12.2 Å². The highest BCUT2D eigenvalue weighted by molar-refractivity contribution is 5.90. The maximum absolute atomic E-state index is 12.1. The molecule has 1 heterocycles. The summed E-state index contributed by atoms with van der Waals surface area (Å²) in [5.41, 5.74) is 0.335. The Labute approximate surface area is 161 Å². The molecule has 2 aromatic rings. The predicted molar refractivity (Wildman–Crippen MR) is 99.6 cm³/mol. The third-order valence-electron chi connectivity index (χ3n) is 3.69. The second-order valence-electron chi connectivity index (χ2n) is 5.77. The first-order chi connectivity index (χ1) is 13.5. The van der Waals surface area contributed by atoms with Crippen LogP contribution in [-0.4, -0.2) is 46.3 Å². The van der Waals surface area contributed by atoms with Gasteiger partial charge in [-0.1, -0.05) is 13.3 Å². The third-order valence-corrected chi connectivity index (χ3v) is 3.69. The minimum atomic E-state index is -0.690. The number of rotatable bonds is 10. The minimum absolute atomic E-state index is 0.0678. The Morgan fingerprint density at radius 1 is 1.25 bits per heavy atom. The maximum atomic E-state index is 12.1. The molecule has 1 amide bonds. The largest absolute Gasteiger partial charge is 0.480 e. The van der Waals surface area contributed by atoms with Crippen LogP contribution in [0.5, 0.6) is 5.75 Å². The van der Waals surface area contributed by atoms with E-state index in [2.05, 4.69) is 10.4 Å². The van der Waals surface area contributed by atoms with Gasteiger partial charge in [-0.05, 0) is 25.5 Å². The van der Waals surface area contributed by atoms with Crippen molar-refractivity contribution in [2.75, 3.05) is 19.8 Å². The molecule has 1 aromatic heterocycles. The van der Waals surface area contributed by atoms with Gasteiger partial charge >= 0.3 is 5.97 Å². The van der Waals surface area contributed by atoms with Crippen LogP contribution in [0.15, 0.2) is 30.5 Å². The number of amides is 1. The Balaban J connectivity index is 2.19. The van der Waals surface area contributed by atoms with E-state index in [1.165, 1.54) is 35.1 Å². The van der Waals surface area contributed by atoms with E-state index in [-0.39, 0.29) is 36.3 Å². The summed E-state index contributed by atoms with van der Waals surface area (Å²) in [6, 6.07) is 5.62. The molecule has 0 aliphatic heterocycles. The van der Waals surface area contributed by atoms with Crippen molar-refractivity contribution >= 4 is 17.6 Å². The Kier molecular flexibility index (Phi) is 7.49. The van der Waals surface area contributed by atoms with Crippen LogP contribution in [-0.2, 0) is 9.53 Å². The second-order valence-corrected chi connectivity index (χ2v) is 5.77. The van der Waals surface area contributed by atoms with Gasteiger partial charge in [-0.25, -0.2) is 9.48 Å². The van der Waals surface area contributed by atoms with E-state index in [1.807, 2.05) is 6.92 Å². The highest BCUT2D eigenvalue weighted by atomic mass is 16.6. The number of ether oxygens (including phenoxy) is 2. The van der Waals surface area contributed by atoms with Crippen LogP contribution in [0, 0.1) is 10.1 Å². The molecular weight excluding hydrogens is 368 g/mol. The Morgan fingerprint density at radius 2 is 1.96 bits per heavy atom. The Morgan fingerprint density at radius 3 is 2.57 bits per heavy atom. The molecule has 2 rings (SSSR count). The molecule has 0 bridgehead atoms. The molecular formula is C18H22N4O6. The number of nitrogens with one attached hydrogen (secondary N) is 1. The van der Waals surface area contributed by atoms with Crippen LogP contribution >= 0.6 is 0 Å². The van der Waals surface area contributed by atoms with Crippen LogP contribution in [0.1, 0.15) is 37.2 Å². The van der Waals surface area contributed by atoms with Gasteiger partial charge in [-0.2, -0.15) is 5.10 Å². The fourth-order valence-electron chi connectivity index (χ4n) is 2.26. The van der Waals surface area contributed by atoms with E-state index in [9.17, 15) is 19.7 Å². The molecule has 0 aliphatic carbocycles. The topological polar surface area (TPSA) is 126 Å². The van der Waals surface area contributed by atoms with Crippen LogP contribution in [0.25, 0.3) is 5.69 Å². The summed E-state index contributed by atoms with van der Waals surface area (Å²) in [4.78, 5) is 34.2. The summed E-state index contributed by atoms with van der Waals surface area (Å²) in [5.74, 6) is -0.918. The van der Waals surface area contributed by atoms with E-state index in [4.69, 9.17) is 9.47 Å². The summed E-state index contributed by atoms with van der Waals surface area (Å²) in [6.07, 6.45) is 3.24. The summed E-state index contributed by atoms with van der Waals surface area (Å²) < 4.78 is 11.8. The number of aromatic nitrogens is 2. The molecule has 0 spiro atoms. The number of nitrogens with zero attached hydrogens (tertiary/aromatic N) is 3. The average molecular weight is 390 g/mol. The molecule has 0 fully saturated rings. The monoisotopic (exact) mass is 390 g/mol. The normalized spacial score (nSPS) is 10.4. The molecule has 0 unspecified atom stereocenters. The van der Waals surface area contributed by atoms with Crippen LogP contribution < -0.4 is 10.1 Å². The fraction of sp³-hybridized carbons (Fsp3) is 0.389. The van der Waals surface area contributed by atoms with Gasteiger partial charge in [0, 0.05) is 18.7 Å². The van der Waals surface area contributed by atoms with Gasteiger partial charge in [0.2, 0.25) is 5.69 Å². The van der Waals surface area contributed by atoms with Gasteiger partial charge in [0.1, 0.15) is 0 Å². The van der Waals surface area contributed by atoms with Gasteiger partial charge < -0.3 is 14.8 Å². The first kappa shape index (κ1) is 20.9. The number of carbonyl (C=O) groups is 2. The van der Waals surface area contributed by atoms with Crippen LogP contribution in [0.4, 0.5) is 5.69 Å². The lowest BCUT2D eigenvalue weighted by molar-refractivity contribution is -0.384. The second kappa shape index (κ2) is 10.0. The number of esters is 1. The quantitative estimate of drug-likeness (QED) is 0.285. The van der Waals surface area contributed by atoms with Gasteiger partial charge in [0.25, 0.3) is 11.6 Å². The summed E-state index contributed by atoms with van der Waals surface area (Å²) in [6.45, 7) is 4.10. The number of carbonyl (C=O) groups excluding carboxylic acids is 2. The van der Waals surface area contributed by atoms with Gasteiger partial charge in [-0.15, -0.1) is 0 Å². The molecule has 1 aromatic carbocycles. The Bertz CT molecular complexity index is 831. The molecule has 10 nitrogen and oxygen atoms in total. The van der Waals surface area contributed by atoms with Gasteiger partial charge in [0.15, 0.2) is 12.4 Å². The zero-order valence-electron chi connectivity index (χ0n) is 15.7. The SMILES string of the molecule is CCCCNC(=O)COc1cn(-c2ccc([N+](=O)[O-])cc2)nc1C(=O)OCC. The van der Waals surface area contributed by atoms with Crippen molar-refractivity contribution < 1.29 is 24.0 Å². The lowest BCUT2D eigenvalue weighted by Gasteiger charge is -2.06. The molecule has 0 aliphatic rings. The average Bonchev–Trinajstić information content (AvgIpc) is 3.11. The van der Waals surface area contributed by atoms with Crippen molar-refractivity contribution in [3.63, 3.8) is 0 Å². The predicted octanol–water partition coefficient (Wildman–Crippen LogP) is 2.25. The molecule has 150 valence electrons. The summed E-state index contributed by atoms with van der Waals surface area (Å²) in [7, 11) is 0. The van der Waals surface area contributed by atoms with E-state index < -0.39 is 10.9 Å². The number of nitro groups is 1. The van der Waals surface area contributed by atoms with Crippen LogP contribution in [0.2, 0.25) is 0 Å². The zero-order valence-corrected chi connectivity index (χ0v) is 15.7. The van der Waals surface area contributed by atoms with Crippen molar-refractivity contribution in [1.82, 2.24) is 15.1 Å². The molecule has 10 heteroatoms. The fourth-order valence-corrected chi connectivity index (χ4v) is 2.26. The number of hydrogen-bond acceptors (Lipinski definition) is 7. The molecule has 0 radical (unpaired) electrons. The smallest absolute Gasteiger partial charge is 0.362 e. The van der Waals surface area contributed by atoms with Crippen LogP contribution in [0.3, 0.4) is 0 Å². The van der Waals surface area contributed by atoms with Crippen molar-refractivity contribution in [2.24, 2.45) is 0 Å². The van der Waals surface area contributed by atoms with Crippen molar-refractivity contribution in [2.45, 2.75) is 26.7 Å². The van der Waals surface area contributed by atoms with Crippen molar-refractivity contribution in [1.29, 1.82) is 0 Å². The lowest BCUT2D eigenvalue weighted by Crippen LogP contribution is -2.29.